The van der Waals surface area contributed by atoms with Crippen LogP contribution in [0.2, 0.25) is 0 Å². The molecule has 1 aliphatic rings. The molecular weight excluding hydrogens is 239 g/mol. The van der Waals surface area contributed by atoms with Gasteiger partial charge in [0.15, 0.2) is 5.41 Å². The molecule has 1 unspecified atom stereocenters. The zero-order valence-electron chi connectivity index (χ0n) is 8.96. The summed E-state index contributed by atoms with van der Waals surface area (Å²) in [5.74, 6) is -2.47. The number of carbonyl (C=O) groups excluding carboxylic acids is 1. The van der Waals surface area contributed by atoms with Crippen molar-refractivity contribution in [1.82, 2.24) is 4.90 Å². The van der Waals surface area contributed by atoms with E-state index in [-0.39, 0.29) is 13.0 Å². The molecule has 4 nitrogen and oxygen atoms in total. The fraction of sp³-hybridized carbons (Fsp3) is 0.600. The van der Waals surface area contributed by atoms with Gasteiger partial charge in [-0.3, -0.25) is 9.59 Å². The van der Waals surface area contributed by atoms with E-state index in [4.69, 9.17) is 5.11 Å². The normalized spacial score (nSPS) is 24.8. The zero-order chi connectivity index (χ0) is 13.3. The number of likely N-dealkylation sites (tertiary alicyclic amines) is 1. The summed E-state index contributed by atoms with van der Waals surface area (Å²) in [5, 5.41) is 8.75. The number of carboxylic acids is 1. The molecule has 17 heavy (non-hydrogen) atoms. The lowest BCUT2D eigenvalue weighted by Crippen LogP contribution is -2.47. The molecular formula is C10H12F3NO3. The van der Waals surface area contributed by atoms with Crippen molar-refractivity contribution in [2.45, 2.75) is 19.0 Å². The van der Waals surface area contributed by atoms with E-state index in [1.807, 2.05) is 0 Å². The van der Waals surface area contributed by atoms with Gasteiger partial charge < -0.3 is 10.0 Å². The summed E-state index contributed by atoms with van der Waals surface area (Å²) in [4.78, 5) is 23.1. The summed E-state index contributed by atoms with van der Waals surface area (Å²) in [6, 6.07) is 0. The van der Waals surface area contributed by atoms with Gasteiger partial charge in [0.2, 0.25) is 5.91 Å². The molecule has 0 bridgehead atoms. The fourth-order valence-corrected chi connectivity index (χ4v) is 1.80. The average Bonchev–Trinajstić information content (AvgIpc) is 2.62. The number of halogens is 3. The number of carbonyl (C=O) groups is 2. The molecule has 96 valence electrons. The maximum atomic E-state index is 12.8. The van der Waals surface area contributed by atoms with Crippen molar-refractivity contribution in [3.8, 4) is 0 Å². The van der Waals surface area contributed by atoms with Gasteiger partial charge in [-0.05, 0) is 6.42 Å². The second kappa shape index (κ2) is 4.38. The van der Waals surface area contributed by atoms with Crippen molar-refractivity contribution in [2.75, 3.05) is 13.1 Å². The summed E-state index contributed by atoms with van der Waals surface area (Å²) < 4.78 is 38.3. The number of nitrogens with zero attached hydrogens (tertiary/aromatic N) is 1. The van der Waals surface area contributed by atoms with Gasteiger partial charge in [0, 0.05) is 19.5 Å². The van der Waals surface area contributed by atoms with E-state index in [9.17, 15) is 22.8 Å². The molecule has 1 N–H and O–H groups in total. The van der Waals surface area contributed by atoms with E-state index in [1.54, 1.807) is 0 Å². The van der Waals surface area contributed by atoms with Gasteiger partial charge in [-0.15, -0.1) is 6.58 Å². The van der Waals surface area contributed by atoms with Crippen molar-refractivity contribution in [2.24, 2.45) is 5.41 Å². The maximum absolute atomic E-state index is 12.8. The Kier molecular flexibility index (Phi) is 3.49. The van der Waals surface area contributed by atoms with Crippen molar-refractivity contribution < 1.29 is 27.9 Å². The molecule has 1 aliphatic heterocycles. The summed E-state index contributed by atoms with van der Waals surface area (Å²) in [6.07, 6.45) is -4.28. The molecule has 0 spiro atoms. The van der Waals surface area contributed by atoms with Gasteiger partial charge in [0.1, 0.15) is 0 Å². The molecule has 1 heterocycles. The van der Waals surface area contributed by atoms with Crippen LogP contribution in [0.1, 0.15) is 12.8 Å². The Labute approximate surface area is 95.7 Å². The number of rotatable bonds is 3. The van der Waals surface area contributed by atoms with E-state index in [1.165, 1.54) is 6.08 Å². The van der Waals surface area contributed by atoms with Crippen LogP contribution in [-0.4, -0.2) is 41.1 Å². The number of hydrogen-bond donors (Lipinski definition) is 1. The molecule has 7 heteroatoms. The molecule has 0 aliphatic carbocycles. The number of hydrogen-bond acceptors (Lipinski definition) is 2. The highest BCUT2D eigenvalue weighted by Crippen LogP contribution is 2.45. The first-order valence-corrected chi connectivity index (χ1v) is 4.93. The standard InChI is InChI=1S/C10H12F3NO3/c1-2-3-7(15)14-5-4-9(6-14,8(16)17)10(11,12)13/h2H,1,3-6H2,(H,16,17). The van der Waals surface area contributed by atoms with Gasteiger partial charge in [-0.25, -0.2) is 0 Å². The van der Waals surface area contributed by atoms with Gasteiger partial charge in [-0.2, -0.15) is 13.2 Å². The van der Waals surface area contributed by atoms with Crippen molar-refractivity contribution in [1.29, 1.82) is 0 Å². The minimum absolute atomic E-state index is 0.0897. The third-order valence-electron chi connectivity index (χ3n) is 2.89. The smallest absolute Gasteiger partial charge is 0.406 e. The van der Waals surface area contributed by atoms with Crippen LogP contribution in [0.3, 0.4) is 0 Å². The van der Waals surface area contributed by atoms with E-state index < -0.39 is 36.4 Å². The molecule has 1 rings (SSSR count). The molecule has 1 atom stereocenters. The third kappa shape index (κ3) is 2.27. The van der Waals surface area contributed by atoms with Crippen LogP contribution in [-0.2, 0) is 9.59 Å². The Morgan fingerprint density at radius 2 is 2.06 bits per heavy atom. The highest BCUT2D eigenvalue weighted by Gasteiger charge is 2.64. The van der Waals surface area contributed by atoms with Crippen LogP contribution < -0.4 is 0 Å². The minimum atomic E-state index is -4.86. The minimum Gasteiger partial charge on any atom is -0.481 e. The lowest BCUT2D eigenvalue weighted by molar-refractivity contribution is -0.227. The van der Waals surface area contributed by atoms with E-state index in [0.29, 0.717) is 0 Å². The largest absolute Gasteiger partial charge is 0.481 e. The predicted molar refractivity (Wildman–Crippen MR) is 52.1 cm³/mol. The average molecular weight is 251 g/mol. The Hall–Kier alpha value is -1.53. The van der Waals surface area contributed by atoms with Crippen LogP contribution in [0.25, 0.3) is 0 Å². The predicted octanol–water partition coefficient (Wildman–Crippen LogP) is 1.43. The second-order valence-corrected chi connectivity index (χ2v) is 3.94. The van der Waals surface area contributed by atoms with Crippen LogP contribution in [0.15, 0.2) is 12.7 Å². The number of amides is 1. The monoisotopic (exact) mass is 251 g/mol. The van der Waals surface area contributed by atoms with Crippen LogP contribution >= 0.6 is 0 Å². The first-order chi connectivity index (χ1) is 7.74. The molecule has 1 amide bonds. The number of aliphatic carboxylic acids is 1. The molecule has 0 aromatic carbocycles. The molecule has 0 saturated carbocycles. The third-order valence-corrected chi connectivity index (χ3v) is 2.89. The van der Waals surface area contributed by atoms with Crippen LogP contribution in [0.5, 0.6) is 0 Å². The maximum Gasteiger partial charge on any atom is 0.406 e. The molecule has 0 radical (unpaired) electrons. The first kappa shape index (κ1) is 13.5. The Balaban J connectivity index is 2.91. The zero-order valence-corrected chi connectivity index (χ0v) is 8.96. The van der Waals surface area contributed by atoms with E-state index >= 15 is 0 Å². The SMILES string of the molecule is C=CCC(=O)N1CCC(C(=O)O)(C(F)(F)F)C1. The summed E-state index contributed by atoms with van der Waals surface area (Å²) in [6.45, 7) is 2.29. The van der Waals surface area contributed by atoms with Crippen LogP contribution in [0.4, 0.5) is 13.2 Å². The highest BCUT2D eigenvalue weighted by atomic mass is 19.4. The fourth-order valence-electron chi connectivity index (χ4n) is 1.80. The Bertz CT molecular complexity index is 353. The highest BCUT2D eigenvalue weighted by molar-refractivity contribution is 5.82. The van der Waals surface area contributed by atoms with Crippen molar-refractivity contribution in [3.05, 3.63) is 12.7 Å². The Morgan fingerprint density at radius 1 is 1.47 bits per heavy atom. The molecule has 1 fully saturated rings. The van der Waals surface area contributed by atoms with Gasteiger partial charge >= 0.3 is 12.1 Å². The topological polar surface area (TPSA) is 57.6 Å². The van der Waals surface area contributed by atoms with Crippen molar-refractivity contribution >= 4 is 11.9 Å². The number of carboxylic acid groups (broad SMARTS) is 1. The van der Waals surface area contributed by atoms with Gasteiger partial charge in [-0.1, -0.05) is 6.08 Å². The van der Waals surface area contributed by atoms with Crippen molar-refractivity contribution in [3.63, 3.8) is 0 Å². The lowest BCUT2D eigenvalue weighted by atomic mass is 9.86. The lowest BCUT2D eigenvalue weighted by Gasteiger charge is -2.27. The molecule has 1 saturated heterocycles. The summed E-state index contributed by atoms with van der Waals surface area (Å²) in [5.41, 5.74) is -2.83. The second-order valence-electron chi connectivity index (χ2n) is 3.94. The quantitative estimate of drug-likeness (QED) is 0.772. The number of alkyl halides is 3. The summed E-state index contributed by atoms with van der Waals surface area (Å²) >= 11 is 0. The molecule has 0 aromatic rings. The van der Waals surface area contributed by atoms with Gasteiger partial charge in [0.25, 0.3) is 0 Å². The van der Waals surface area contributed by atoms with E-state index in [0.717, 1.165) is 4.90 Å². The van der Waals surface area contributed by atoms with Gasteiger partial charge in [0.05, 0.1) is 0 Å². The van der Waals surface area contributed by atoms with E-state index in [2.05, 4.69) is 6.58 Å². The van der Waals surface area contributed by atoms with Crippen LogP contribution in [0, 0.1) is 5.41 Å². The Morgan fingerprint density at radius 3 is 2.41 bits per heavy atom. The summed E-state index contributed by atoms with van der Waals surface area (Å²) in [7, 11) is 0. The molecule has 0 aromatic heterocycles. The first-order valence-electron chi connectivity index (χ1n) is 4.93.